The Hall–Kier alpha value is -1.44. The zero-order chi connectivity index (χ0) is 13.1. The van der Waals surface area contributed by atoms with Gasteiger partial charge in [0.1, 0.15) is 0 Å². The highest BCUT2D eigenvalue weighted by Crippen LogP contribution is 2.31. The van der Waals surface area contributed by atoms with Crippen molar-refractivity contribution in [1.82, 2.24) is 0 Å². The van der Waals surface area contributed by atoms with Gasteiger partial charge in [-0.25, -0.2) is 0 Å². The van der Waals surface area contributed by atoms with E-state index in [1.807, 2.05) is 32.9 Å². The second-order valence-corrected chi connectivity index (χ2v) is 5.19. The number of benzene rings is 1. The van der Waals surface area contributed by atoms with E-state index >= 15 is 0 Å². The molecule has 18 heavy (non-hydrogen) atoms. The number of aliphatic imine (C=N–C) groups is 1. The second-order valence-electron chi connectivity index (χ2n) is 5.19. The number of aryl methyl sites for hydroxylation is 2. The molecule has 2 rings (SSSR count). The number of hydrogen-bond donors (Lipinski definition) is 0. The van der Waals surface area contributed by atoms with E-state index in [4.69, 9.17) is 0 Å². The van der Waals surface area contributed by atoms with E-state index in [0.29, 0.717) is 5.78 Å². The van der Waals surface area contributed by atoms with Crippen molar-refractivity contribution >= 4 is 17.7 Å². The van der Waals surface area contributed by atoms with Crippen molar-refractivity contribution in [3.8, 4) is 0 Å². The maximum Gasteiger partial charge on any atom is 0.166 e. The SMILES string of the molecule is CC=Nc1cc(C)c(C(=O)C2CCCC2)cc1C. The fraction of sp³-hybridized carbons (Fsp3) is 0.500. The lowest BCUT2D eigenvalue weighted by molar-refractivity contribution is 0.0922. The van der Waals surface area contributed by atoms with Gasteiger partial charge >= 0.3 is 0 Å². The number of carbonyl (C=O) groups excluding carboxylic acids is 1. The molecule has 0 atom stereocenters. The van der Waals surface area contributed by atoms with E-state index in [1.165, 1.54) is 12.8 Å². The molecule has 2 nitrogen and oxygen atoms in total. The molecule has 0 aromatic heterocycles. The molecule has 0 aliphatic heterocycles. The van der Waals surface area contributed by atoms with Gasteiger partial charge in [0.25, 0.3) is 0 Å². The lowest BCUT2D eigenvalue weighted by Crippen LogP contribution is -2.12. The summed E-state index contributed by atoms with van der Waals surface area (Å²) in [5.74, 6) is 0.587. The molecular weight excluding hydrogens is 222 g/mol. The van der Waals surface area contributed by atoms with Gasteiger partial charge in [-0.3, -0.25) is 9.79 Å². The average molecular weight is 243 g/mol. The molecule has 96 valence electrons. The first-order valence-corrected chi connectivity index (χ1v) is 6.77. The zero-order valence-corrected chi connectivity index (χ0v) is 11.5. The Morgan fingerprint density at radius 3 is 2.50 bits per heavy atom. The van der Waals surface area contributed by atoms with Crippen LogP contribution in [0.3, 0.4) is 0 Å². The Kier molecular flexibility index (Phi) is 3.95. The fourth-order valence-electron chi connectivity index (χ4n) is 2.75. The topological polar surface area (TPSA) is 29.4 Å². The normalized spacial score (nSPS) is 16.6. The van der Waals surface area contributed by atoms with Gasteiger partial charge in [-0.1, -0.05) is 12.8 Å². The summed E-state index contributed by atoms with van der Waals surface area (Å²) in [5.41, 5.74) is 4.01. The number of carbonyl (C=O) groups is 1. The molecule has 2 heteroatoms. The summed E-state index contributed by atoms with van der Waals surface area (Å²) in [6.07, 6.45) is 6.32. The molecular formula is C16H21NO. The molecule has 0 spiro atoms. The second kappa shape index (κ2) is 5.47. The zero-order valence-electron chi connectivity index (χ0n) is 11.5. The smallest absolute Gasteiger partial charge is 0.166 e. The van der Waals surface area contributed by atoms with Gasteiger partial charge in [0.2, 0.25) is 0 Å². The summed E-state index contributed by atoms with van der Waals surface area (Å²) in [6.45, 7) is 5.94. The first-order chi connectivity index (χ1) is 8.63. The lowest BCUT2D eigenvalue weighted by Gasteiger charge is -2.12. The van der Waals surface area contributed by atoms with Crippen LogP contribution in [0.5, 0.6) is 0 Å². The molecule has 1 saturated carbocycles. The summed E-state index contributed by atoms with van der Waals surface area (Å²) in [5, 5.41) is 0. The Morgan fingerprint density at radius 1 is 1.22 bits per heavy atom. The number of rotatable bonds is 3. The summed E-state index contributed by atoms with van der Waals surface area (Å²) in [7, 11) is 0. The molecule has 0 heterocycles. The van der Waals surface area contributed by atoms with E-state index in [-0.39, 0.29) is 5.92 Å². The molecule has 1 fully saturated rings. The number of hydrogen-bond acceptors (Lipinski definition) is 2. The Balaban J connectivity index is 2.33. The van der Waals surface area contributed by atoms with Crippen molar-refractivity contribution in [3.63, 3.8) is 0 Å². The van der Waals surface area contributed by atoms with Crippen molar-refractivity contribution in [3.05, 3.63) is 28.8 Å². The Labute approximate surface area is 109 Å². The average Bonchev–Trinajstić information content (AvgIpc) is 2.86. The molecule has 0 saturated heterocycles. The van der Waals surface area contributed by atoms with Crippen molar-refractivity contribution in [2.45, 2.75) is 46.5 Å². The molecule has 0 radical (unpaired) electrons. The van der Waals surface area contributed by atoms with Crippen LogP contribution >= 0.6 is 0 Å². The highest BCUT2D eigenvalue weighted by atomic mass is 16.1. The third kappa shape index (κ3) is 2.53. The first-order valence-electron chi connectivity index (χ1n) is 6.77. The summed E-state index contributed by atoms with van der Waals surface area (Å²) < 4.78 is 0. The standard InChI is InChI=1S/C16H21NO/c1-4-17-15-10-11(2)14(9-12(15)3)16(18)13-7-5-6-8-13/h4,9-10,13H,5-8H2,1-3H3. The van der Waals surface area contributed by atoms with E-state index in [1.54, 1.807) is 6.21 Å². The van der Waals surface area contributed by atoms with Crippen LogP contribution in [-0.4, -0.2) is 12.0 Å². The predicted octanol–water partition coefficient (Wildman–Crippen LogP) is 4.40. The van der Waals surface area contributed by atoms with Gasteiger partial charge in [-0.15, -0.1) is 0 Å². The van der Waals surface area contributed by atoms with Crippen LogP contribution in [0, 0.1) is 19.8 Å². The fourth-order valence-corrected chi connectivity index (χ4v) is 2.75. The first kappa shape index (κ1) is 13.0. The summed E-state index contributed by atoms with van der Waals surface area (Å²) in [4.78, 5) is 16.8. The maximum absolute atomic E-state index is 12.5. The molecule has 1 aromatic carbocycles. The minimum atomic E-state index is 0.253. The maximum atomic E-state index is 12.5. The van der Waals surface area contributed by atoms with E-state index < -0.39 is 0 Å². The molecule has 1 aromatic rings. The van der Waals surface area contributed by atoms with Gasteiger partial charge in [-0.05, 0) is 56.9 Å². The lowest BCUT2D eigenvalue weighted by atomic mass is 9.92. The van der Waals surface area contributed by atoms with Crippen molar-refractivity contribution < 1.29 is 4.79 Å². The van der Waals surface area contributed by atoms with E-state index in [2.05, 4.69) is 4.99 Å². The molecule has 0 amide bonds. The molecule has 1 aliphatic carbocycles. The highest BCUT2D eigenvalue weighted by Gasteiger charge is 2.25. The Bertz CT molecular complexity index is 482. The van der Waals surface area contributed by atoms with Crippen molar-refractivity contribution in [2.24, 2.45) is 10.9 Å². The number of ketones is 1. The van der Waals surface area contributed by atoms with Gasteiger partial charge in [-0.2, -0.15) is 0 Å². The van der Waals surface area contributed by atoms with Crippen LogP contribution < -0.4 is 0 Å². The largest absolute Gasteiger partial charge is 0.294 e. The minimum absolute atomic E-state index is 0.253. The van der Waals surface area contributed by atoms with Gasteiger partial charge in [0.15, 0.2) is 5.78 Å². The number of nitrogens with zero attached hydrogens (tertiary/aromatic N) is 1. The quantitative estimate of drug-likeness (QED) is 0.571. The van der Waals surface area contributed by atoms with Crippen LogP contribution in [0.2, 0.25) is 0 Å². The minimum Gasteiger partial charge on any atom is -0.294 e. The molecule has 0 N–H and O–H groups in total. The van der Waals surface area contributed by atoms with Crippen LogP contribution in [0.15, 0.2) is 17.1 Å². The molecule has 0 bridgehead atoms. The third-order valence-electron chi connectivity index (χ3n) is 3.80. The van der Waals surface area contributed by atoms with Crippen LogP contribution in [0.4, 0.5) is 5.69 Å². The monoisotopic (exact) mass is 243 g/mol. The summed E-state index contributed by atoms with van der Waals surface area (Å²) in [6, 6.07) is 4.04. The van der Waals surface area contributed by atoms with Crippen LogP contribution in [0.1, 0.15) is 54.1 Å². The van der Waals surface area contributed by atoms with Gasteiger partial charge in [0, 0.05) is 17.7 Å². The van der Waals surface area contributed by atoms with Crippen molar-refractivity contribution in [1.29, 1.82) is 0 Å². The van der Waals surface area contributed by atoms with E-state index in [9.17, 15) is 4.79 Å². The summed E-state index contributed by atoms with van der Waals surface area (Å²) >= 11 is 0. The van der Waals surface area contributed by atoms with Crippen LogP contribution in [-0.2, 0) is 0 Å². The van der Waals surface area contributed by atoms with Gasteiger partial charge < -0.3 is 0 Å². The highest BCUT2D eigenvalue weighted by molar-refractivity contribution is 6.00. The van der Waals surface area contributed by atoms with Crippen molar-refractivity contribution in [2.75, 3.05) is 0 Å². The predicted molar refractivity (Wildman–Crippen MR) is 76.0 cm³/mol. The van der Waals surface area contributed by atoms with Crippen LogP contribution in [0.25, 0.3) is 0 Å². The Morgan fingerprint density at radius 2 is 1.89 bits per heavy atom. The third-order valence-corrected chi connectivity index (χ3v) is 3.80. The van der Waals surface area contributed by atoms with E-state index in [0.717, 1.165) is 35.2 Å². The number of Topliss-reactive ketones (excluding diaryl/α,β-unsaturated/α-hetero) is 1. The molecule has 1 aliphatic rings. The van der Waals surface area contributed by atoms with Gasteiger partial charge in [0.05, 0.1) is 5.69 Å². The molecule has 0 unspecified atom stereocenters.